The smallest absolute Gasteiger partial charge is 0.126 e. The van der Waals surface area contributed by atoms with Gasteiger partial charge in [-0.15, -0.1) is 0 Å². The lowest BCUT2D eigenvalue weighted by Gasteiger charge is -2.02. The Bertz CT molecular complexity index is 258. The van der Waals surface area contributed by atoms with Crippen LogP contribution in [0.3, 0.4) is 0 Å². The summed E-state index contributed by atoms with van der Waals surface area (Å²) in [4.78, 5) is 0. The van der Waals surface area contributed by atoms with Crippen molar-refractivity contribution in [2.24, 2.45) is 5.73 Å². The molecular weight excluding hydrogens is 153 g/mol. The number of hydrogen-bond donors (Lipinski definition) is 1. The molecule has 12 heavy (non-hydrogen) atoms. The molecular formula is C10H14FN. The Kier molecular flexibility index (Phi) is 3.23. The zero-order chi connectivity index (χ0) is 8.97. The monoisotopic (exact) mass is 167 g/mol. The fourth-order valence-corrected chi connectivity index (χ4v) is 1.15. The highest BCUT2D eigenvalue weighted by Crippen LogP contribution is 2.11. The molecule has 0 aliphatic carbocycles. The molecule has 0 radical (unpaired) electrons. The lowest BCUT2D eigenvalue weighted by molar-refractivity contribution is 0.604. The average molecular weight is 167 g/mol. The first-order valence-electron chi connectivity index (χ1n) is 4.19. The summed E-state index contributed by atoms with van der Waals surface area (Å²) in [6.45, 7) is 2.50. The highest BCUT2D eigenvalue weighted by molar-refractivity contribution is 5.23. The molecule has 0 bridgehead atoms. The molecule has 2 N–H and O–H groups in total. The van der Waals surface area contributed by atoms with Crippen molar-refractivity contribution in [2.75, 3.05) is 6.54 Å². The van der Waals surface area contributed by atoms with Crippen molar-refractivity contribution < 1.29 is 4.39 Å². The number of halogens is 1. The minimum absolute atomic E-state index is 0.108. The Labute approximate surface area is 72.4 Å². The Morgan fingerprint density at radius 1 is 1.42 bits per heavy atom. The van der Waals surface area contributed by atoms with Crippen LogP contribution in [-0.4, -0.2) is 6.54 Å². The summed E-state index contributed by atoms with van der Waals surface area (Å²) in [7, 11) is 0. The molecule has 2 heteroatoms. The Morgan fingerprint density at radius 2 is 2.17 bits per heavy atom. The molecule has 0 atom stereocenters. The first-order chi connectivity index (χ1) is 5.74. The molecule has 1 rings (SSSR count). The summed E-state index contributed by atoms with van der Waals surface area (Å²) < 4.78 is 13.1. The van der Waals surface area contributed by atoms with Gasteiger partial charge in [-0.3, -0.25) is 0 Å². The fraction of sp³-hybridized carbons (Fsp3) is 0.400. The number of hydrogen-bond acceptors (Lipinski definition) is 1. The van der Waals surface area contributed by atoms with E-state index >= 15 is 0 Å². The van der Waals surface area contributed by atoms with Crippen LogP contribution in [-0.2, 0) is 6.42 Å². The molecule has 0 spiro atoms. The van der Waals surface area contributed by atoms with E-state index in [0.717, 1.165) is 24.0 Å². The molecule has 0 aliphatic rings. The number of rotatable bonds is 3. The van der Waals surface area contributed by atoms with Gasteiger partial charge in [0.1, 0.15) is 5.82 Å². The number of aryl methyl sites for hydroxylation is 2. The Morgan fingerprint density at radius 3 is 2.75 bits per heavy atom. The average Bonchev–Trinajstić information content (AvgIpc) is 2.03. The van der Waals surface area contributed by atoms with Crippen molar-refractivity contribution in [1.82, 2.24) is 0 Å². The number of benzene rings is 1. The standard InChI is InChI=1S/C10H14FN/c1-8-4-5-9(3-2-6-12)10(11)7-8/h4-5,7H,2-3,6,12H2,1H3. The molecule has 1 nitrogen and oxygen atoms in total. The van der Waals surface area contributed by atoms with E-state index in [1.165, 1.54) is 0 Å². The molecule has 0 amide bonds. The van der Waals surface area contributed by atoms with Gasteiger partial charge in [0.2, 0.25) is 0 Å². The molecule has 0 aromatic heterocycles. The SMILES string of the molecule is Cc1ccc(CCCN)c(F)c1. The summed E-state index contributed by atoms with van der Waals surface area (Å²) in [6.07, 6.45) is 1.59. The third kappa shape index (κ3) is 2.31. The van der Waals surface area contributed by atoms with E-state index in [2.05, 4.69) is 0 Å². The predicted molar refractivity (Wildman–Crippen MR) is 48.5 cm³/mol. The van der Waals surface area contributed by atoms with E-state index in [1.54, 1.807) is 6.07 Å². The molecule has 0 unspecified atom stereocenters. The van der Waals surface area contributed by atoms with E-state index in [4.69, 9.17) is 5.73 Å². The van der Waals surface area contributed by atoms with Gasteiger partial charge >= 0.3 is 0 Å². The first-order valence-corrected chi connectivity index (χ1v) is 4.19. The van der Waals surface area contributed by atoms with Crippen molar-refractivity contribution in [2.45, 2.75) is 19.8 Å². The zero-order valence-electron chi connectivity index (χ0n) is 7.31. The van der Waals surface area contributed by atoms with Crippen molar-refractivity contribution in [3.05, 3.63) is 35.1 Å². The molecule has 0 fully saturated rings. The van der Waals surface area contributed by atoms with Crippen LogP contribution in [0.5, 0.6) is 0 Å². The molecule has 0 saturated carbocycles. The topological polar surface area (TPSA) is 26.0 Å². The largest absolute Gasteiger partial charge is 0.330 e. The second-order valence-corrected chi connectivity index (χ2v) is 2.99. The van der Waals surface area contributed by atoms with Crippen molar-refractivity contribution in [1.29, 1.82) is 0 Å². The lowest BCUT2D eigenvalue weighted by atomic mass is 10.1. The first kappa shape index (κ1) is 9.20. The zero-order valence-corrected chi connectivity index (χ0v) is 7.31. The summed E-state index contributed by atoms with van der Waals surface area (Å²) >= 11 is 0. The third-order valence-electron chi connectivity index (χ3n) is 1.86. The van der Waals surface area contributed by atoms with E-state index in [9.17, 15) is 4.39 Å². The van der Waals surface area contributed by atoms with E-state index in [0.29, 0.717) is 6.54 Å². The van der Waals surface area contributed by atoms with Crippen LogP contribution >= 0.6 is 0 Å². The summed E-state index contributed by atoms with van der Waals surface area (Å²) in [6, 6.07) is 5.32. The maximum atomic E-state index is 13.1. The van der Waals surface area contributed by atoms with Gasteiger partial charge in [0, 0.05) is 0 Å². The quantitative estimate of drug-likeness (QED) is 0.732. The van der Waals surface area contributed by atoms with Gasteiger partial charge in [0.05, 0.1) is 0 Å². The van der Waals surface area contributed by atoms with Gasteiger partial charge in [-0.2, -0.15) is 0 Å². The molecule has 1 aromatic rings. The summed E-state index contributed by atoms with van der Waals surface area (Å²) in [5.74, 6) is -0.108. The van der Waals surface area contributed by atoms with Crippen LogP contribution in [0.1, 0.15) is 17.5 Å². The van der Waals surface area contributed by atoms with E-state index < -0.39 is 0 Å². The van der Waals surface area contributed by atoms with E-state index in [-0.39, 0.29) is 5.82 Å². The minimum atomic E-state index is -0.108. The van der Waals surface area contributed by atoms with Crippen LogP contribution in [0.4, 0.5) is 4.39 Å². The van der Waals surface area contributed by atoms with Crippen LogP contribution in [0, 0.1) is 12.7 Å². The normalized spacial score (nSPS) is 10.2. The molecule has 1 aromatic carbocycles. The van der Waals surface area contributed by atoms with Gasteiger partial charge in [0.25, 0.3) is 0 Å². The van der Waals surface area contributed by atoms with Gasteiger partial charge in [-0.1, -0.05) is 12.1 Å². The molecule has 0 aliphatic heterocycles. The minimum Gasteiger partial charge on any atom is -0.330 e. The van der Waals surface area contributed by atoms with Crippen molar-refractivity contribution in [3.63, 3.8) is 0 Å². The molecule has 0 saturated heterocycles. The van der Waals surface area contributed by atoms with Gasteiger partial charge in [0.15, 0.2) is 0 Å². The maximum Gasteiger partial charge on any atom is 0.126 e. The summed E-state index contributed by atoms with van der Waals surface area (Å²) in [5.41, 5.74) is 7.07. The fourth-order valence-electron chi connectivity index (χ4n) is 1.15. The van der Waals surface area contributed by atoms with Crippen LogP contribution in [0.25, 0.3) is 0 Å². The summed E-state index contributed by atoms with van der Waals surface area (Å²) in [5, 5.41) is 0. The molecule has 0 heterocycles. The Hall–Kier alpha value is -0.890. The predicted octanol–water partition coefficient (Wildman–Crippen LogP) is 2.03. The van der Waals surface area contributed by atoms with Gasteiger partial charge < -0.3 is 5.73 Å². The van der Waals surface area contributed by atoms with E-state index in [1.807, 2.05) is 19.1 Å². The third-order valence-corrected chi connectivity index (χ3v) is 1.86. The maximum absolute atomic E-state index is 13.1. The van der Waals surface area contributed by atoms with Crippen LogP contribution in [0.2, 0.25) is 0 Å². The second kappa shape index (κ2) is 4.21. The van der Waals surface area contributed by atoms with Crippen molar-refractivity contribution >= 4 is 0 Å². The highest BCUT2D eigenvalue weighted by atomic mass is 19.1. The molecule has 66 valence electrons. The van der Waals surface area contributed by atoms with Crippen LogP contribution < -0.4 is 5.73 Å². The van der Waals surface area contributed by atoms with Crippen LogP contribution in [0.15, 0.2) is 18.2 Å². The van der Waals surface area contributed by atoms with Gasteiger partial charge in [-0.05, 0) is 43.5 Å². The van der Waals surface area contributed by atoms with Crippen molar-refractivity contribution in [3.8, 4) is 0 Å². The van der Waals surface area contributed by atoms with Gasteiger partial charge in [-0.25, -0.2) is 4.39 Å². The number of nitrogens with two attached hydrogens (primary N) is 1. The highest BCUT2D eigenvalue weighted by Gasteiger charge is 2.00. The Balaban J connectivity index is 2.72. The second-order valence-electron chi connectivity index (χ2n) is 2.99. The lowest BCUT2D eigenvalue weighted by Crippen LogP contribution is -2.01.